The van der Waals surface area contributed by atoms with Gasteiger partial charge in [-0.2, -0.15) is 5.10 Å². The van der Waals surface area contributed by atoms with Crippen LogP contribution in [-0.2, 0) is 22.5 Å². The molecule has 0 bridgehead atoms. The van der Waals surface area contributed by atoms with E-state index >= 15 is 0 Å². The zero-order valence-corrected chi connectivity index (χ0v) is 16.1. The third kappa shape index (κ3) is 3.47. The molecule has 0 saturated heterocycles. The number of anilines is 1. The molecule has 0 aliphatic carbocycles. The summed E-state index contributed by atoms with van der Waals surface area (Å²) in [6.45, 7) is 3.85. The molecule has 0 saturated carbocycles. The van der Waals surface area contributed by atoms with Crippen LogP contribution in [0.4, 0.5) is 5.82 Å². The maximum absolute atomic E-state index is 11.6. The topological polar surface area (TPSA) is 73.1 Å². The zero-order chi connectivity index (χ0) is 19.5. The van der Waals surface area contributed by atoms with E-state index in [0.717, 1.165) is 37.1 Å². The van der Waals surface area contributed by atoms with E-state index in [2.05, 4.69) is 57.2 Å². The Labute approximate surface area is 163 Å². The first-order valence-electron chi connectivity index (χ1n) is 9.46. The number of aromatic nitrogens is 4. The first-order chi connectivity index (χ1) is 13.7. The van der Waals surface area contributed by atoms with Crippen molar-refractivity contribution < 1.29 is 9.53 Å². The molecule has 1 aliphatic heterocycles. The fourth-order valence-electron chi connectivity index (χ4n) is 3.51. The van der Waals surface area contributed by atoms with Crippen molar-refractivity contribution in [2.75, 3.05) is 25.1 Å². The average molecular weight is 377 g/mol. The Morgan fingerprint density at radius 2 is 2.04 bits per heavy atom. The molecule has 0 amide bonds. The number of methoxy groups -OCH3 is 1. The molecule has 0 spiro atoms. The van der Waals surface area contributed by atoms with Gasteiger partial charge in [0.2, 0.25) is 0 Å². The minimum absolute atomic E-state index is 0.0360. The molecule has 0 atom stereocenters. The summed E-state index contributed by atoms with van der Waals surface area (Å²) in [4.78, 5) is 22.6. The normalized spacial score (nSPS) is 14.2. The van der Waals surface area contributed by atoms with E-state index in [4.69, 9.17) is 4.74 Å². The van der Waals surface area contributed by atoms with Crippen LogP contribution in [0.1, 0.15) is 24.5 Å². The SMILES string of the molecule is CCc1ccc(C2=CCN(c3ncnc4c3cnn4CC(=O)OC)CC2)cc1. The number of esters is 1. The van der Waals surface area contributed by atoms with Crippen LogP contribution in [-0.4, -0.2) is 45.9 Å². The lowest BCUT2D eigenvalue weighted by Gasteiger charge is -2.28. The Morgan fingerprint density at radius 3 is 2.71 bits per heavy atom. The Balaban J connectivity index is 1.56. The highest BCUT2D eigenvalue weighted by Gasteiger charge is 2.19. The second-order valence-electron chi connectivity index (χ2n) is 6.79. The smallest absolute Gasteiger partial charge is 0.327 e. The van der Waals surface area contributed by atoms with E-state index in [1.807, 2.05) is 0 Å². The molecule has 1 aliphatic rings. The molecule has 2 aromatic heterocycles. The molecule has 3 heterocycles. The number of benzene rings is 1. The van der Waals surface area contributed by atoms with E-state index in [0.29, 0.717) is 5.65 Å². The number of fused-ring (bicyclic) bond motifs is 1. The number of hydrogen-bond acceptors (Lipinski definition) is 6. The van der Waals surface area contributed by atoms with Gasteiger partial charge in [-0.3, -0.25) is 4.79 Å². The Kier molecular flexibility index (Phi) is 5.06. The van der Waals surface area contributed by atoms with Crippen LogP contribution in [0.5, 0.6) is 0 Å². The highest BCUT2D eigenvalue weighted by atomic mass is 16.5. The van der Waals surface area contributed by atoms with Crippen LogP contribution in [0.2, 0.25) is 0 Å². The largest absolute Gasteiger partial charge is 0.468 e. The molecule has 4 rings (SSSR count). The third-order valence-electron chi connectivity index (χ3n) is 5.16. The van der Waals surface area contributed by atoms with Crippen molar-refractivity contribution in [2.24, 2.45) is 0 Å². The minimum Gasteiger partial charge on any atom is -0.468 e. The summed E-state index contributed by atoms with van der Waals surface area (Å²) >= 11 is 0. The highest BCUT2D eigenvalue weighted by molar-refractivity contribution is 5.88. The van der Waals surface area contributed by atoms with Gasteiger partial charge in [-0.05, 0) is 29.5 Å². The number of carbonyl (C=O) groups is 1. The van der Waals surface area contributed by atoms with Gasteiger partial charge in [0.25, 0.3) is 0 Å². The average Bonchev–Trinajstić information content (AvgIpc) is 3.16. The second-order valence-corrected chi connectivity index (χ2v) is 6.79. The standard InChI is InChI=1S/C21H23N5O2/c1-3-15-4-6-16(7-5-15)17-8-10-25(11-9-17)20-18-12-24-26(13-19(27)28-2)21(18)23-14-22-20/h4-8,12,14H,3,9-11,13H2,1-2H3. The van der Waals surface area contributed by atoms with Crippen molar-refractivity contribution in [3.05, 3.63) is 54.0 Å². The molecule has 144 valence electrons. The number of hydrogen-bond donors (Lipinski definition) is 0. The predicted molar refractivity (Wildman–Crippen MR) is 108 cm³/mol. The van der Waals surface area contributed by atoms with Crippen molar-refractivity contribution in [3.8, 4) is 0 Å². The number of carbonyl (C=O) groups excluding carboxylic acids is 1. The summed E-state index contributed by atoms with van der Waals surface area (Å²) in [5, 5.41) is 5.13. The second kappa shape index (κ2) is 7.80. The molecule has 0 unspecified atom stereocenters. The van der Waals surface area contributed by atoms with Crippen molar-refractivity contribution in [1.82, 2.24) is 19.7 Å². The van der Waals surface area contributed by atoms with Crippen molar-refractivity contribution in [1.29, 1.82) is 0 Å². The number of rotatable bonds is 5. The quantitative estimate of drug-likeness (QED) is 0.637. The molecule has 1 aromatic carbocycles. The van der Waals surface area contributed by atoms with Gasteiger partial charge < -0.3 is 9.64 Å². The lowest BCUT2D eigenvalue weighted by atomic mass is 9.98. The lowest BCUT2D eigenvalue weighted by molar-refractivity contribution is -0.141. The molecule has 7 nitrogen and oxygen atoms in total. The molecule has 7 heteroatoms. The Morgan fingerprint density at radius 1 is 1.21 bits per heavy atom. The van der Waals surface area contributed by atoms with E-state index in [9.17, 15) is 4.79 Å². The molecule has 0 N–H and O–H groups in total. The van der Waals surface area contributed by atoms with Crippen molar-refractivity contribution in [3.63, 3.8) is 0 Å². The highest BCUT2D eigenvalue weighted by Crippen LogP contribution is 2.28. The van der Waals surface area contributed by atoms with Gasteiger partial charge in [0, 0.05) is 13.1 Å². The number of aryl methyl sites for hydroxylation is 1. The fourth-order valence-corrected chi connectivity index (χ4v) is 3.51. The molecule has 3 aromatic rings. The van der Waals surface area contributed by atoms with Gasteiger partial charge in [-0.1, -0.05) is 37.3 Å². The summed E-state index contributed by atoms with van der Waals surface area (Å²) in [6, 6.07) is 8.82. The van der Waals surface area contributed by atoms with Gasteiger partial charge in [0.05, 0.1) is 18.7 Å². The molecule has 0 radical (unpaired) electrons. The minimum atomic E-state index is -0.357. The van der Waals surface area contributed by atoms with Gasteiger partial charge in [-0.25, -0.2) is 14.6 Å². The Bertz CT molecular complexity index is 1020. The monoisotopic (exact) mass is 377 g/mol. The van der Waals surface area contributed by atoms with Crippen LogP contribution < -0.4 is 4.90 Å². The van der Waals surface area contributed by atoms with Crippen LogP contribution in [0, 0.1) is 0 Å². The number of ether oxygens (including phenoxy) is 1. The summed E-state index contributed by atoms with van der Waals surface area (Å²) < 4.78 is 6.27. The maximum atomic E-state index is 11.6. The number of nitrogens with zero attached hydrogens (tertiary/aromatic N) is 5. The van der Waals surface area contributed by atoms with Gasteiger partial charge in [0.15, 0.2) is 5.65 Å². The van der Waals surface area contributed by atoms with Crippen LogP contribution >= 0.6 is 0 Å². The molecule has 28 heavy (non-hydrogen) atoms. The fraction of sp³-hybridized carbons (Fsp3) is 0.333. The summed E-state index contributed by atoms with van der Waals surface area (Å²) in [5.74, 6) is 0.488. The molecule has 0 fully saturated rings. The maximum Gasteiger partial charge on any atom is 0.327 e. The van der Waals surface area contributed by atoms with E-state index in [1.54, 1.807) is 10.9 Å². The van der Waals surface area contributed by atoms with Crippen LogP contribution in [0.15, 0.2) is 42.9 Å². The first kappa shape index (κ1) is 18.2. The third-order valence-corrected chi connectivity index (χ3v) is 5.16. The summed E-state index contributed by atoms with van der Waals surface area (Å²) in [6.07, 6.45) is 7.51. The van der Waals surface area contributed by atoms with Crippen molar-refractivity contribution in [2.45, 2.75) is 26.3 Å². The molecular formula is C21H23N5O2. The zero-order valence-electron chi connectivity index (χ0n) is 16.1. The van der Waals surface area contributed by atoms with Gasteiger partial charge in [-0.15, -0.1) is 0 Å². The van der Waals surface area contributed by atoms with E-state index in [1.165, 1.54) is 30.1 Å². The van der Waals surface area contributed by atoms with E-state index < -0.39 is 0 Å². The summed E-state index contributed by atoms with van der Waals surface area (Å²) in [5.41, 5.74) is 4.65. The van der Waals surface area contributed by atoms with Crippen LogP contribution in [0.25, 0.3) is 16.6 Å². The van der Waals surface area contributed by atoms with Crippen LogP contribution in [0.3, 0.4) is 0 Å². The molecular weight excluding hydrogens is 354 g/mol. The predicted octanol–water partition coefficient (Wildman–Crippen LogP) is 2.86. The van der Waals surface area contributed by atoms with Gasteiger partial charge >= 0.3 is 5.97 Å². The Hall–Kier alpha value is -3.22. The van der Waals surface area contributed by atoms with Gasteiger partial charge in [0.1, 0.15) is 18.7 Å². The van der Waals surface area contributed by atoms with E-state index in [-0.39, 0.29) is 12.5 Å². The lowest BCUT2D eigenvalue weighted by Crippen LogP contribution is -2.29. The van der Waals surface area contributed by atoms with Crippen molar-refractivity contribution >= 4 is 28.4 Å². The first-order valence-corrected chi connectivity index (χ1v) is 9.46. The summed E-state index contributed by atoms with van der Waals surface area (Å²) in [7, 11) is 1.36.